The molecular weight excluding hydrogens is 451 g/mol. The van der Waals surface area contributed by atoms with E-state index in [2.05, 4.69) is 53.3 Å². The first-order chi connectivity index (χ1) is 12.7. The molecule has 0 radical (unpaired) electrons. The van der Waals surface area contributed by atoms with E-state index in [1.54, 1.807) is 7.11 Å². The third kappa shape index (κ3) is 7.76. The van der Waals surface area contributed by atoms with E-state index in [-0.39, 0.29) is 24.0 Å². The zero-order chi connectivity index (χ0) is 18.8. The van der Waals surface area contributed by atoms with Gasteiger partial charge in [0.05, 0.1) is 13.7 Å². The van der Waals surface area contributed by atoms with Crippen molar-refractivity contribution in [3.05, 3.63) is 60.2 Å². The van der Waals surface area contributed by atoms with Crippen LogP contribution in [0.3, 0.4) is 0 Å². The number of hydrogen-bond donors (Lipinski definition) is 2. The third-order valence-corrected chi connectivity index (χ3v) is 4.48. The van der Waals surface area contributed by atoms with Gasteiger partial charge >= 0.3 is 0 Å². The molecule has 148 valence electrons. The zero-order valence-electron chi connectivity index (χ0n) is 16.4. The second-order valence-electron chi connectivity index (χ2n) is 6.14. The normalized spacial score (nSPS) is 12.4. The van der Waals surface area contributed by atoms with Gasteiger partial charge in [0.15, 0.2) is 5.96 Å². The van der Waals surface area contributed by atoms with Crippen molar-refractivity contribution in [3.8, 4) is 5.75 Å². The number of halogens is 1. The highest BCUT2D eigenvalue weighted by Crippen LogP contribution is 2.15. The quantitative estimate of drug-likeness (QED) is 0.322. The third-order valence-electron chi connectivity index (χ3n) is 4.48. The van der Waals surface area contributed by atoms with Crippen LogP contribution in [-0.2, 0) is 6.42 Å². The van der Waals surface area contributed by atoms with Crippen LogP contribution in [-0.4, -0.2) is 43.6 Å². The van der Waals surface area contributed by atoms with Gasteiger partial charge in [0.2, 0.25) is 0 Å². The summed E-state index contributed by atoms with van der Waals surface area (Å²) in [6.45, 7) is 7.02. The van der Waals surface area contributed by atoms with E-state index in [1.165, 1.54) is 5.56 Å². The Bertz CT molecular complexity index is 672. The van der Waals surface area contributed by atoms with Crippen molar-refractivity contribution in [2.24, 2.45) is 10.7 Å². The molecule has 3 N–H and O–H groups in total. The van der Waals surface area contributed by atoms with Gasteiger partial charge in [-0.2, -0.15) is 0 Å². The smallest absolute Gasteiger partial charge is 0.193 e. The molecule has 0 spiro atoms. The van der Waals surface area contributed by atoms with E-state index in [4.69, 9.17) is 10.5 Å². The molecule has 2 aromatic carbocycles. The van der Waals surface area contributed by atoms with Crippen molar-refractivity contribution in [1.82, 2.24) is 4.90 Å². The Balaban J connectivity index is 0.00000364. The molecule has 2 aromatic rings. The van der Waals surface area contributed by atoms with E-state index in [9.17, 15) is 0 Å². The SMILES string of the molecule is CCN(CC)C(CN=C(N)Nc1ccc(OC)cc1)Cc1ccccc1.I. The molecule has 0 fully saturated rings. The predicted molar refractivity (Wildman–Crippen MR) is 125 cm³/mol. The lowest BCUT2D eigenvalue weighted by Crippen LogP contribution is -2.39. The first-order valence-corrected chi connectivity index (χ1v) is 9.15. The first kappa shape index (κ1) is 23.2. The number of hydrogen-bond acceptors (Lipinski definition) is 3. The number of rotatable bonds is 9. The summed E-state index contributed by atoms with van der Waals surface area (Å²) in [6, 6.07) is 18.5. The number of anilines is 1. The summed E-state index contributed by atoms with van der Waals surface area (Å²) in [5.74, 6) is 1.25. The summed E-state index contributed by atoms with van der Waals surface area (Å²) >= 11 is 0. The van der Waals surface area contributed by atoms with E-state index < -0.39 is 0 Å². The minimum atomic E-state index is 0. The van der Waals surface area contributed by atoms with Crippen LogP contribution in [0.1, 0.15) is 19.4 Å². The zero-order valence-corrected chi connectivity index (χ0v) is 18.7. The second kappa shape index (κ2) is 12.6. The maximum absolute atomic E-state index is 6.09. The van der Waals surface area contributed by atoms with Crippen molar-refractivity contribution >= 4 is 35.6 Å². The molecule has 0 bridgehead atoms. The number of ether oxygens (including phenoxy) is 1. The van der Waals surface area contributed by atoms with Gasteiger partial charge in [-0.1, -0.05) is 44.2 Å². The summed E-state index contributed by atoms with van der Waals surface area (Å²) in [5, 5.41) is 3.14. The lowest BCUT2D eigenvalue weighted by Gasteiger charge is -2.28. The first-order valence-electron chi connectivity index (χ1n) is 9.15. The van der Waals surface area contributed by atoms with Crippen molar-refractivity contribution in [2.75, 3.05) is 32.1 Å². The molecule has 1 unspecified atom stereocenters. The highest BCUT2D eigenvalue weighted by molar-refractivity contribution is 14.0. The van der Waals surface area contributed by atoms with E-state index in [0.717, 1.165) is 30.9 Å². The Morgan fingerprint density at radius 3 is 2.26 bits per heavy atom. The Kier molecular flexibility index (Phi) is 10.8. The van der Waals surface area contributed by atoms with Gasteiger partial charge in [0, 0.05) is 11.7 Å². The van der Waals surface area contributed by atoms with Gasteiger partial charge in [-0.25, -0.2) is 0 Å². The predicted octanol–water partition coefficient (Wildman–Crippen LogP) is 3.99. The Labute approximate surface area is 180 Å². The van der Waals surface area contributed by atoms with Gasteiger partial charge in [-0.05, 0) is 49.3 Å². The van der Waals surface area contributed by atoms with Crippen LogP contribution in [0.5, 0.6) is 5.75 Å². The van der Waals surface area contributed by atoms with Crippen LogP contribution >= 0.6 is 24.0 Å². The summed E-state index contributed by atoms with van der Waals surface area (Å²) in [5.41, 5.74) is 8.31. The van der Waals surface area contributed by atoms with Gasteiger partial charge in [0.1, 0.15) is 5.75 Å². The summed E-state index contributed by atoms with van der Waals surface area (Å²) in [6.07, 6.45) is 0.960. The molecule has 5 nitrogen and oxygen atoms in total. The highest BCUT2D eigenvalue weighted by Gasteiger charge is 2.16. The molecule has 2 rings (SSSR count). The standard InChI is InChI=1S/C21H30N4O.HI/c1-4-25(5-2)19(15-17-9-7-6-8-10-17)16-23-21(22)24-18-11-13-20(26-3)14-12-18;/h6-14,19H,4-5,15-16H2,1-3H3,(H3,22,23,24);1H. The van der Waals surface area contributed by atoms with Crippen LogP contribution in [0.15, 0.2) is 59.6 Å². The Morgan fingerprint density at radius 1 is 1.07 bits per heavy atom. The maximum Gasteiger partial charge on any atom is 0.193 e. The lowest BCUT2D eigenvalue weighted by atomic mass is 10.0. The molecule has 27 heavy (non-hydrogen) atoms. The number of methoxy groups -OCH3 is 1. The fraction of sp³-hybridized carbons (Fsp3) is 0.381. The van der Waals surface area contributed by atoms with Crippen LogP contribution in [0.2, 0.25) is 0 Å². The van der Waals surface area contributed by atoms with E-state index >= 15 is 0 Å². The molecule has 0 aromatic heterocycles. The molecule has 0 aliphatic rings. The van der Waals surface area contributed by atoms with Crippen molar-refractivity contribution in [2.45, 2.75) is 26.3 Å². The maximum atomic E-state index is 6.09. The summed E-state index contributed by atoms with van der Waals surface area (Å²) in [7, 11) is 1.65. The van der Waals surface area contributed by atoms with E-state index in [1.807, 2.05) is 30.3 Å². The molecule has 0 aliphatic heterocycles. The molecule has 0 heterocycles. The average Bonchev–Trinajstić information content (AvgIpc) is 2.68. The van der Waals surface area contributed by atoms with Crippen LogP contribution in [0.25, 0.3) is 0 Å². The second-order valence-corrected chi connectivity index (χ2v) is 6.14. The van der Waals surface area contributed by atoms with Crippen molar-refractivity contribution < 1.29 is 4.74 Å². The largest absolute Gasteiger partial charge is 0.497 e. The number of likely N-dealkylation sites (N-methyl/N-ethyl adjacent to an activating group) is 1. The van der Waals surface area contributed by atoms with Gasteiger partial charge in [0.25, 0.3) is 0 Å². The minimum absolute atomic E-state index is 0. The number of guanidine groups is 1. The number of nitrogens with one attached hydrogen (secondary N) is 1. The molecular formula is C21H31IN4O. The van der Waals surface area contributed by atoms with Gasteiger partial charge in [-0.3, -0.25) is 9.89 Å². The van der Waals surface area contributed by atoms with E-state index in [0.29, 0.717) is 18.5 Å². The topological polar surface area (TPSA) is 62.9 Å². The molecule has 1 atom stereocenters. The highest BCUT2D eigenvalue weighted by atomic mass is 127. The monoisotopic (exact) mass is 482 g/mol. The summed E-state index contributed by atoms with van der Waals surface area (Å²) < 4.78 is 5.17. The molecule has 0 saturated heterocycles. The van der Waals surface area contributed by atoms with Crippen molar-refractivity contribution in [1.29, 1.82) is 0 Å². The van der Waals surface area contributed by atoms with Crippen LogP contribution in [0.4, 0.5) is 5.69 Å². The average molecular weight is 482 g/mol. The summed E-state index contributed by atoms with van der Waals surface area (Å²) in [4.78, 5) is 7.01. The number of benzene rings is 2. The minimum Gasteiger partial charge on any atom is -0.497 e. The van der Waals surface area contributed by atoms with Crippen LogP contribution < -0.4 is 15.8 Å². The van der Waals surface area contributed by atoms with Gasteiger partial charge < -0.3 is 15.8 Å². The fourth-order valence-corrected chi connectivity index (χ4v) is 3.00. The number of nitrogens with two attached hydrogens (primary N) is 1. The molecule has 0 saturated carbocycles. The van der Waals surface area contributed by atoms with Gasteiger partial charge in [-0.15, -0.1) is 24.0 Å². The lowest BCUT2D eigenvalue weighted by molar-refractivity contribution is 0.220. The Hall–Kier alpha value is -1.80. The molecule has 0 amide bonds. The van der Waals surface area contributed by atoms with Crippen molar-refractivity contribution in [3.63, 3.8) is 0 Å². The van der Waals surface area contributed by atoms with Crippen LogP contribution in [0, 0.1) is 0 Å². The molecule has 0 aliphatic carbocycles. The number of nitrogens with zero attached hydrogens (tertiary/aromatic N) is 2. The Morgan fingerprint density at radius 2 is 1.70 bits per heavy atom. The fourth-order valence-electron chi connectivity index (χ4n) is 3.00. The molecule has 6 heteroatoms. The number of aliphatic imine (C=N–C) groups is 1.